The molecule has 2 aliphatic rings. The summed E-state index contributed by atoms with van der Waals surface area (Å²) in [7, 11) is 0. The number of para-hydroxylation sites is 1. The summed E-state index contributed by atoms with van der Waals surface area (Å²) in [5.41, 5.74) is 5.90. The summed E-state index contributed by atoms with van der Waals surface area (Å²) >= 11 is 0. The topological polar surface area (TPSA) is 15.3 Å². The van der Waals surface area contributed by atoms with E-state index in [2.05, 4.69) is 65.7 Å². The van der Waals surface area contributed by atoms with E-state index in [1.165, 1.54) is 35.2 Å². The van der Waals surface area contributed by atoms with Crippen molar-refractivity contribution in [1.29, 1.82) is 0 Å². The fraction of sp³-hybridized carbons (Fsp3) is 0.368. The molecule has 0 saturated carbocycles. The van der Waals surface area contributed by atoms with Gasteiger partial charge in [0.05, 0.1) is 6.04 Å². The minimum atomic E-state index is 0.495. The van der Waals surface area contributed by atoms with Crippen molar-refractivity contribution >= 4 is 5.69 Å². The molecule has 2 aliphatic heterocycles. The second-order valence-electron chi connectivity index (χ2n) is 6.27. The van der Waals surface area contributed by atoms with E-state index in [0.717, 1.165) is 13.1 Å². The predicted molar refractivity (Wildman–Crippen MR) is 87.6 cm³/mol. The molecule has 0 aromatic heterocycles. The predicted octanol–water partition coefficient (Wildman–Crippen LogP) is 3.67. The lowest BCUT2D eigenvalue weighted by molar-refractivity contribution is 0.526. The summed E-state index contributed by atoms with van der Waals surface area (Å²) < 4.78 is 0. The van der Waals surface area contributed by atoms with Crippen LogP contribution in [0.15, 0.2) is 48.5 Å². The highest BCUT2D eigenvalue weighted by molar-refractivity contribution is 5.61. The summed E-state index contributed by atoms with van der Waals surface area (Å²) in [4.78, 5) is 2.65. The lowest BCUT2D eigenvalue weighted by atomic mass is 9.97. The van der Waals surface area contributed by atoms with Crippen LogP contribution in [-0.4, -0.2) is 12.6 Å². The van der Waals surface area contributed by atoms with Crippen molar-refractivity contribution < 1.29 is 0 Å². The van der Waals surface area contributed by atoms with E-state index in [1.54, 1.807) is 0 Å². The van der Waals surface area contributed by atoms with Gasteiger partial charge in [0.2, 0.25) is 0 Å². The van der Waals surface area contributed by atoms with Gasteiger partial charge in [-0.05, 0) is 49.1 Å². The van der Waals surface area contributed by atoms with Gasteiger partial charge in [-0.1, -0.05) is 42.5 Å². The Balaban J connectivity index is 1.80. The molecular formula is C19H22N2. The van der Waals surface area contributed by atoms with Crippen LogP contribution in [0.2, 0.25) is 0 Å². The van der Waals surface area contributed by atoms with Crippen LogP contribution < -0.4 is 10.2 Å². The van der Waals surface area contributed by atoms with Crippen molar-refractivity contribution in [2.24, 2.45) is 0 Å². The Labute approximate surface area is 126 Å². The number of benzene rings is 2. The van der Waals surface area contributed by atoms with E-state index in [1.807, 2.05) is 0 Å². The van der Waals surface area contributed by atoms with Crippen molar-refractivity contribution in [3.63, 3.8) is 0 Å². The first kappa shape index (κ1) is 12.9. The quantitative estimate of drug-likeness (QED) is 0.856. The molecule has 21 heavy (non-hydrogen) atoms. The van der Waals surface area contributed by atoms with Crippen LogP contribution in [0.1, 0.15) is 36.1 Å². The Kier molecular flexibility index (Phi) is 3.19. The van der Waals surface area contributed by atoms with Crippen molar-refractivity contribution in [1.82, 2.24) is 5.32 Å². The highest BCUT2D eigenvalue weighted by Gasteiger charge is 2.33. The fourth-order valence-corrected chi connectivity index (χ4v) is 3.99. The van der Waals surface area contributed by atoms with Crippen molar-refractivity contribution in [2.45, 2.75) is 38.4 Å². The number of nitrogens with one attached hydrogen (secondary N) is 1. The van der Waals surface area contributed by atoms with Gasteiger partial charge in [-0.3, -0.25) is 0 Å². The van der Waals surface area contributed by atoms with Crippen LogP contribution in [0, 0.1) is 0 Å². The minimum absolute atomic E-state index is 0.495. The number of anilines is 1. The molecule has 0 radical (unpaired) electrons. The molecule has 2 atom stereocenters. The molecule has 2 aromatic carbocycles. The first-order chi connectivity index (χ1) is 10.3. The zero-order valence-corrected chi connectivity index (χ0v) is 12.5. The molecule has 2 heteroatoms. The summed E-state index contributed by atoms with van der Waals surface area (Å²) in [6.07, 6.45) is 2.35. The smallest absolute Gasteiger partial charge is 0.0560 e. The van der Waals surface area contributed by atoms with Gasteiger partial charge in [-0.25, -0.2) is 0 Å². The van der Waals surface area contributed by atoms with E-state index in [-0.39, 0.29) is 0 Å². The van der Waals surface area contributed by atoms with E-state index in [0.29, 0.717) is 12.1 Å². The first-order valence-electron chi connectivity index (χ1n) is 7.99. The molecule has 0 aliphatic carbocycles. The van der Waals surface area contributed by atoms with Crippen LogP contribution >= 0.6 is 0 Å². The van der Waals surface area contributed by atoms with Crippen molar-refractivity contribution in [2.75, 3.05) is 11.4 Å². The Hall–Kier alpha value is -1.80. The molecule has 0 spiro atoms. The van der Waals surface area contributed by atoms with E-state index in [9.17, 15) is 0 Å². The lowest BCUT2D eigenvalue weighted by Gasteiger charge is -2.34. The number of fused-ring (bicyclic) bond motifs is 2. The van der Waals surface area contributed by atoms with Gasteiger partial charge in [0.15, 0.2) is 0 Å². The second kappa shape index (κ2) is 5.19. The molecule has 2 nitrogen and oxygen atoms in total. The van der Waals surface area contributed by atoms with Crippen LogP contribution in [0.3, 0.4) is 0 Å². The average molecular weight is 278 g/mol. The fourth-order valence-electron chi connectivity index (χ4n) is 3.99. The number of hydrogen-bond acceptors (Lipinski definition) is 2. The molecule has 108 valence electrons. The molecule has 4 rings (SSSR count). The Morgan fingerprint density at radius 2 is 1.76 bits per heavy atom. The third-order valence-corrected chi connectivity index (χ3v) is 4.92. The van der Waals surface area contributed by atoms with Crippen molar-refractivity contribution in [3.05, 3.63) is 65.2 Å². The Morgan fingerprint density at radius 3 is 2.67 bits per heavy atom. The zero-order chi connectivity index (χ0) is 14.2. The molecule has 2 heterocycles. The number of hydrogen-bond donors (Lipinski definition) is 1. The van der Waals surface area contributed by atoms with E-state index in [4.69, 9.17) is 0 Å². The van der Waals surface area contributed by atoms with Crippen LogP contribution in [0.5, 0.6) is 0 Å². The van der Waals surface area contributed by atoms with Gasteiger partial charge in [-0.15, -0.1) is 0 Å². The molecule has 1 N–H and O–H groups in total. The summed E-state index contributed by atoms with van der Waals surface area (Å²) in [6, 6.07) is 18.9. The molecule has 2 unspecified atom stereocenters. The molecule has 0 amide bonds. The highest BCUT2D eigenvalue weighted by Crippen LogP contribution is 2.41. The third kappa shape index (κ3) is 2.14. The number of nitrogens with zero attached hydrogens (tertiary/aromatic N) is 1. The maximum Gasteiger partial charge on any atom is 0.0560 e. The first-order valence-corrected chi connectivity index (χ1v) is 7.99. The molecule has 0 fully saturated rings. The summed E-state index contributed by atoms with van der Waals surface area (Å²) in [6.45, 7) is 4.45. The molecular weight excluding hydrogens is 256 g/mol. The zero-order valence-electron chi connectivity index (χ0n) is 12.5. The van der Waals surface area contributed by atoms with Gasteiger partial charge in [-0.2, -0.15) is 0 Å². The van der Waals surface area contributed by atoms with Crippen LogP contribution in [0.25, 0.3) is 0 Å². The largest absolute Gasteiger partial charge is 0.361 e. The van der Waals surface area contributed by atoms with E-state index < -0.39 is 0 Å². The molecule has 0 saturated heterocycles. The van der Waals surface area contributed by atoms with E-state index >= 15 is 0 Å². The minimum Gasteiger partial charge on any atom is -0.361 e. The summed E-state index contributed by atoms with van der Waals surface area (Å²) in [5.74, 6) is 0. The van der Waals surface area contributed by atoms with Gasteiger partial charge in [0.1, 0.15) is 0 Å². The molecule has 2 aromatic rings. The SMILES string of the molecule is CC1Cc2ccccc2N1C1CCNCc2ccccc21. The van der Waals surface area contributed by atoms with Gasteiger partial charge < -0.3 is 10.2 Å². The van der Waals surface area contributed by atoms with Gasteiger partial charge >= 0.3 is 0 Å². The normalized spacial score (nSPS) is 24.3. The average Bonchev–Trinajstić information content (AvgIpc) is 2.70. The van der Waals surface area contributed by atoms with Crippen LogP contribution in [-0.2, 0) is 13.0 Å². The highest BCUT2D eigenvalue weighted by atomic mass is 15.2. The third-order valence-electron chi connectivity index (χ3n) is 4.92. The Bertz CT molecular complexity index is 650. The maximum absolute atomic E-state index is 3.57. The second-order valence-corrected chi connectivity index (χ2v) is 6.27. The number of rotatable bonds is 1. The summed E-state index contributed by atoms with van der Waals surface area (Å²) in [5, 5.41) is 3.57. The van der Waals surface area contributed by atoms with Gasteiger partial charge in [0.25, 0.3) is 0 Å². The van der Waals surface area contributed by atoms with Gasteiger partial charge in [0, 0.05) is 18.3 Å². The standard InChI is InChI=1S/C19H22N2/c1-14-12-15-6-3-5-9-18(15)21(14)19-10-11-20-13-16-7-2-4-8-17(16)19/h2-9,14,19-20H,10-13H2,1H3. The molecule has 0 bridgehead atoms. The Morgan fingerprint density at radius 1 is 1.00 bits per heavy atom. The maximum atomic E-state index is 3.57. The van der Waals surface area contributed by atoms with Crippen LogP contribution in [0.4, 0.5) is 5.69 Å². The van der Waals surface area contributed by atoms with Crippen molar-refractivity contribution in [3.8, 4) is 0 Å². The lowest BCUT2D eigenvalue weighted by Crippen LogP contribution is -2.34. The monoisotopic (exact) mass is 278 g/mol.